The second kappa shape index (κ2) is 9.84. The van der Waals surface area contributed by atoms with Crippen molar-refractivity contribution in [1.82, 2.24) is 10.1 Å². The maximum Gasteiger partial charge on any atom is 0.312 e. The Balaban J connectivity index is 1.46. The highest BCUT2D eigenvalue weighted by atomic mass is 19.1. The third-order valence-corrected chi connectivity index (χ3v) is 6.91. The number of piperidine rings is 1. The Morgan fingerprint density at radius 3 is 2.50 bits per heavy atom. The van der Waals surface area contributed by atoms with Crippen LogP contribution in [0.3, 0.4) is 0 Å². The lowest BCUT2D eigenvalue weighted by Gasteiger charge is -2.40. The standard InChI is InChI=1S/C25H31FN2O4/c1-2-31-24(30)25(12-14-28(15-13-25)23(29)19-6-4-3-5-7-19)17-21-16-22(27-32-21)18-8-10-20(26)11-9-18/h8-11,16,19H,2-7,12-15,17H2,1H3. The van der Waals surface area contributed by atoms with Crippen molar-refractivity contribution >= 4 is 11.9 Å². The topological polar surface area (TPSA) is 72.6 Å². The van der Waals surface area contributed by atoms with Crippen LogP contribution in [0.5, 0.6) is 0 Å². The average Bonchev–Trinajstić information content (AvgIpc) is 3.28. The van der Waals surface area contributed by atoms with E-state index >= 15 is 0 Å². The van der Waals surface area contributed by atoms with E-state index in [-0.39, 0.29) is 23.6 Å². The van der Waals surface area contributed by atoms with Crippen LogP contribution < -0.4 is 0 Å². The van der Waals surface area contributed by atoms with Gasteiger partial charge in [0.25, 0.3) is 0 Å². The molecule has 0 N–H and O–H groups in total. The Hall–Kier alpha value is -2.70. The lowest BCUT2D eigenvalue weighted by atomic mass is 9.74. The molecule has 7 heteroatoms. The first kappa shape index (κ1) is 22.5. The molecule has 1 aromatic carbocycles. The molecule has 2 fully saturated rings. The molecule has 0 unspecified atom stereocenters. The van der Waals surface area contributed by atoms with Gasteiger partial charge in [-0.25, -0.2) is 4.39 Å². The van der Waals surface area contributed by atoms with Crippen molar-refractivity contribution in [2.75, 3.05) is 19.7 Å². The predicted octanol–water partition coefficient (Wildman–Crippen LogP) is 4.78. The molecule has 2 aromatic rings. The molecule has 2 aliphatic rings. The quantitative estimate of drug-likeness (QED) is 0.602. The van der Waals surface area contributed by atoms with Gasteiger partial charge in [-0.05, 0) is 56.9 Å². The monoisotopic (exact) mass is 442 g/mol. The van der Waals surface area contributed by atoms with Gasteiger partial charge in [0.05, 0.1) is 12.0 Å². The number of halogens is 1. The number of esters is 1. The summed E-state index contributed by atoms with van der Waals surface area (Å²) in [6.45, 7) is 3.21. The maximum absolute atomic E-state index is 13.2. The van der Waals surface area contributed by atoms with Gasteiger partial charge in [-0.3, -0.25) is 9.59 Å². The molecule has 32 heavy (non-hydrogen) atoms. The van der Waals surface area contributed by atoms with Crippen molar-refractivity contribution < 1.29 is 23.2 Å². The number of aromatic nitrogens is 1. The molecule has 0 radical (unpaired) electrons. The Bertz CT molecular complexity index is 926. The first-order chi connectivity index (χ1) is 15.5. The largest absolute Gasteiger partial charge is 0.466 e. The fourth-order valence-electron chi connectivity index (χ4n) is 4.99. The van der Waals surface area contributed by atoms with Crippen LogP contribution in [0.4, 0.5) is 4.39 Å². The Kier molecular flexibility index (Phi) is 6.92. The Morgan fingerprint density at radius 1 is 1.16 bits per heavy atom. The molecular formula is C25H31FN2O4. The van der Waals surface area contributed by atoms with Gasteiger partial charge in [0.15, 0.2) is 0 Å². The number of ether oxygens (including phenoxy) is 1. The second-order valence-corrected chi connectivity index (χ2v) is 9.02. The van der Waals surface area contributed by atoms with Gasteiger partial charge in [-0.15, -0.1) is 0 Å². The van der Waals surface area contributed by atoms with Gasteiger partial charge < -0.3 is 14.2 Å². The van der Waals surface area contributed by atoms with E-state index in [2.05, 4.69) is 5.16 Å². The van der Waals surface area contributed by atoms with Crippen LogP contribution in [0, 0.1) is 17.2 Å². The summed E-state index contributed by atoms with van der Waals surface area (Å²) in [7, 11) is 0. The van der Waals surface area contributed by atoms with Gasteiger partial charge in [0, 0.05) is 37.1 Å². The smallest absolute Gasteiger partial charge is 0.312 e. The molecule has 6 nitrogen and oxygen atoms in total. The maximum atomic E-state index is 13.2. The number of carbonyl (C=O) groups excluding carboxylic acids is 2. The number of likely N-dealkylation sites (tertiary alicyclic amines) is 1. The molecule has 172 valence electrons. The summed E-state index contributed by atoms with van der Waals surface area (Å²) < 4.78 is 24.2. The Labute approximate surface area is 188 Å². The van der Waals surface area contributed by atoms with E-state index in [1.807, 2.05) is 4.90 Å². The zero-order valence-corrected chi connectivity index (χ0v) is 18.6. The summed E-state index contributed by atoms with van der Waals surface area (Å²) >= 11 is 0. The lowest BCUT2D eigenvalue weighted by molar-refractivity contribution is -0.161. The fourth-order valence-corrected chi connectivity index (χ4v) is 4.99. The highest BCUT2D eigenvalue weighted by Gasteiger charge is 2.45. The average molecular weight is 443 g/mol. The molecule has 2 heterocycles. The number of nitrogens with zero attached hydrogens (tertiary/aromatic N) is 2. The van der Waals surface area contributed by atoms with Crippen LogP contribution in [-0.2, 0) is 20.7 Å². The summed E-state index contributed by atoms with van der Waals surface area (Å²) in [5.74, 6) is 0.397. The molecule has 1 aromatic heterocycles. The molecular weight excluding hydrogens is 411 g/mol. The van der Waals surface area contributed by atoms with E-state index in [1.54, 1.807) is 25.1 Å². The molecule has 0 bridgehead atoms. The van der Waals surface area contributed by atoms with E-state index in [9.17, 15) is 14.0 Å². The van der Waals surface area contributed by atoms with E-state index in [0.717, 1.165) is 31.2 Å². The van der Waals surface area contributed by atoms with Crippen molar-refractivity contribution in [3.8, 4) is 11.3 Å². The summed E-state index contributed by atoms with van der Waals surface area (Å²) in [6.07, 6.45) is 6.86. The first-order valence-corrected chi connectivity index (χ1v) is 11.7. The third kappa shape index (κ3) is 4.87. The molecule has 1 amide bonds. The normalized spacial score (nSPS) is 19.0. The van der Waals surface area contributed by atoms with Crippen molar-refractivity contribution in [3.05, 3.63) is 41.9 Å². The zero-order chi connectivity index (χ0) is 22.6. The molecule has 1 saturated heterocycles. The van der Waals surface area contributed by atoms with Crippen LogP contribution in [-0.4, -0.2) is 41.6 Å². The molecule has 1 aliphatic heterocycles. The number of rotatable bonds is 6. The van der Waals surface area contributed by atoms with E-state index in [4.69, 9.17) is 9.26 Å². The van der Waals surface area contributed by atoms with Crippen LogP contribution in [0.15, 0.2) is 34.9 Å². The van der Waals surface area contributed by atoms with Crippen LogP contribution in [0.2, 0.25) is 0 Å². The summed E-state index contributed by atoms with van der Waals surface area (Å²) in [6, 6.07) is 7.85. The third-order valence-electron chi connectivity index (χ3n) is 6.91. The lowest BCUT2D eigenvalue weighted by Crippen LogP contribution is -2.49. The molecule has 1 saturated carbocycles. The number of carbonyl (C=O) groups is 2. The second-order valence-electron chi connectivity index (χ2n) is 9.02. The van der Waals surface area contributed by atoms with Crippen LogP contribution in [0.25, 0.3) is 11.3 Å². The predicted molar refractivity (Wildman–Crippen MR) is 117 cm³/mol. The SMILES string of the molecule is CCOC(=O)C1(Cc2cc(-c3ccc(F)cc3)no2)CCN(C(=O)C2CCCCC2)CC1. The number of amides is 1. The number of hydrogen-bond acceptors (Lipinski definition) is 5. The molecule has 0 spiro atoms. The summed E-state index contributed by atoms with van der Waals surface area (Å²) in [4.78, 5) is 27.9. The Morgan fingerprint density at radius 2 is 1.84 bits per heavy atom. The number of benzene rings is 1. The summed E-state index contributed by atoms with van der Waals surface area (Å²) in [5.41, 5.74) is 0.613. The van der Waals surface area contributed by atoms with Crippen molar-refractivity contribution in [2.24, 2.45) is 11.3 Å². The van der Waals surface area contributed by atoms with E-state index < -0.39 is 5.41 Å². The summed E-state index contributed by atoms with van der Waals surface area (Å²) in [5, 5.41) is 4.11. The van der Waals surface area contributed by atoms with Gasteiger partial charge >= 0.3 is 5.97 Å². The minimum absolute atomic E-state index is 0.131. The minimum atomic E-state index is -0.737. The van der Waals surface area contributed by atoms with Gasteiger partial charge in [-0.1, -0.05) is 24.4 Å². The fraction of sp³-hybridized carbons (Fsp3) is 0.560. The van der Waals surface area contributed by atoms with Gasteiger partial charge in [0.1, 0.15) is 17.3 Å². The minimum Gasteiger partial charge on any atom is -0.466 e. The van der Waals surface area contributed by atoms with Crippen molar-refractivity contribution in [2.45, 2.75) is 58.3 Å². The van der Waals surface area contributed by atoms with E-state index in [1.165, 1.54) is 18.6 Å². The first-order valence-electron chi connectivity index (χ1n) is 11.7. The zero-order valence-electron chi connectivity index (χ0n) is 18.6. The molecule has 0 atom stereocenters. The van der Waals surface area contributed by atoms with Crippen molar-refractivity contribution in [1.29, 1.82) is 0 Å². The van der Waals surface area contributed by atoms with Gasteiger partial charge in [0.2, 0.25) is 5.91 Å². The van der Waals surface area contributed by atoms with E-state index in [0.29, 0.717) is 50.4 Å². The van der Waals surface area contributed by atoms with Crippen molar-refractivity contribution in [3.63, 3.8) is 0 Å². The highest BCUT2D eigenvalue weighted by molar-refractivity contribution is 5.81. The van der Waals surface area contributed by atoms with Crippen LogP contribution >= 0.6 is 0 Å². The van der Waals surface area contributed by atoms with Crippen LogP contribution in [0.1, 0.15) is 57.6 Å². The molecule has 4 rings (SSSR count). The highest BCUT2D eigenvalue weighted by Crippen LogP contribution is 2.38. The van der Waals surface area contributed by atoms with Gasteiger partial charge in [-0.2, -0.15) is 0 Å². The molecule has 1 aliphatic carbocycles. The number of hydrogen-bond donors (Lipinski definition) is 0.